The molecule has 114 valence electrons. The van der Waals surface area contributed by atoms with Crippen LogP contribution >= 0.6 is 0 Å². The summed E-state index contributed by atoms with van der Waals surface area (Å²) in [5, 5.41) is 4.66. The normalized spacial score (nSPS) is 11.1. The maximum absolute atomic E-state index is 2.90. The van der Waals surface area contributed by atoms with Crippen molar-refractivity contribution in [2.24, 2.45) is 17.8 Å². The second kappa shape index (κ2) is 11.9. The van der Waals surface area contributed by atoms with E-state index in [1.165, 1.54) is 4.46 Å². The molecule has 20 heavy (non-hydrogen) atoms. The van der Waals surface area contributed by atoms with Gasteiger partial charge in [0.15, 0.2) is 0 Å². The van der Waals surface area contributed by atoms with E-state index in [-0.39, 0.29) is 0 Å². The minimum atomic E-state index is -0.407. The summed E-state index contributed by atoms with van der Waals surface area (Å²) in [6, 6.07) is 10.1. The Bertz CT molecular complexity index is 296. The Morgan fingerprint density at radius 1 is 0.750 bits per heavy atom. The molecule has 0 nitrogen and oxygen atoms in total. The first-order valence-electron chi connectivity index (χ1n) is 8.03. The van der Waals surface area contributed by atoms with Crippen molar-refractivity contribution in [1.82, 2.24) is 0 Å². The van der Waals surface area contributed by atoms with E-state index in [0.717, 1.165) is 17.8 Å². The van der Waals surface area contributed by atoms with Crippen LogP contribution in [0.3, 0.4) is 0 Å². The molecule has 0 unspecified atom stereocenters. The second-order valence-electron chi connectivity index (χ2n) is 7.07. The van der Waals surface area contributed by atoms with E-state index in [1.54, 1.807) is 15.8 Å². The molecule has 0 heterocycles. The van der Waals surface area contributed by atoms with Crippen molar-refractivity contribution in [2.75, 3.05) is 0 Å². The van der Waals surface area contributed by atoms with Crippen molar-refractivity contribution in [1.29, 1.82) is 0 Å². The Morgan fingerprint density at radius 3 is 1.30 bits per heavy atom. The molecule has 0 spiro atoms. The zero-order valence-corrected chi connectivity index (χ0v) is 17.1. The van der Waals surface area contributed by atoms with Gasteiger partial charge in [-0.1, -0.05) is 59.3 Å². The summed E-state index contributed by atoms with van der Waals surface area (Å²) < 4.78 is 1.20. The molecular weight excluding hydrogens is 322 g/mol. The third-order valence-corrected chi connectivity index (χ3v) is 8.56. The molecule has 0 aliphatic carbocycles. The van der Waals surface area contributed by atoms with E-state index in [1.807, 2.05) is 30.3 Å². The Hall–Kier alpha value is 0.272. The molecule has 0 aromatic heterocycles. The van der Waals surface area contributed by atoms with Crippen molar-refractivity contribution < 1.29 is 0 Å². The summed E-state index contributed by atoms with van der Waals surface area (Å²) >= 11 is 2.49. The van der Waals surface area contributed by atoms with Crippen LogP contribution in [-0.2, 0) is 0 Å². The van der Waals surface area contributed by atoms with Crippen LogP contribution in [0.25, 0.3) is 0 Å². The zero-order valence-electron chi connectivity index (χ0n) is 14.2. The molecule has 1 rings (SSSR count). The average Bonchev–Trinajstić information content (AvgIpc) is 2.27. The molecule has 0 atom stereocenters. The zero-order chi connectivity index (χ0) is 15.5. The topological polar surface area (TPSA) is 0 Å². The fourth-order valence-electron chi connectivity index (χ4n) is 2.71. The standard InChI is InChI=1S/C6H5Se.3C4H9.Al/c7-6-4-2-1-3-5-6;3*1-4(2)3;/h1-5H;3*4H,1H2,2-3H3;/q;;;;-1. The maximum atomic E-state index is 2.90. The number of benzene rings is 1. The van der Waals surface area contributed by atoms with E-state index in [9.17, 15) is 0 Å². The summed E-state index contributed by atoms with van der Waals surface area (Å²) in [4.78, 5) is 0. The van der Waals surface area contributed by atoms with Crippen LogP contribution in [0.4, 0.5) is 0 Å². The summed E-state index contributed by atoms with van der Waals surface area (Å²) in [5.74, 6) is 2.78. The van der Waals surface area contributed by atoms with Crippen molar-refractivity contribution in [3.05, 3.63) is 30.3 Å². The number of hydrogen-bond acceptors (Lipinski definition) is 0. The molecule has 2 heteroatoms. The fraction of sp³-hybridized carbons (Fsp3) is 0.667. The first kappa shape index (κ1) is 20.3. The van der Waals surface area contributed by atoms with Gasteiger partial charge in [-0.3, -0.25) is 0 Å². The summed E-state index contributed by atoms with van der Waals surface area (Å²) in [6.45, 7) is 14.3. The predicted molar refractivity (Wildman–Crippen MR) is 96.5 cm³/mol. The van der Waals surface area contributed by atoms with Crippen LogP contribution < -0.4 is 4.46 Å². The number of hydrogen-bond donors (Lipinski definition) is 0. The van der Waals surface area contributed by atoms with Crippen LogP contribution in [-0.4, -0.2) is 30.2 Å². The summed E-state index contributed by atoms with van der Waals surface area (Å²) in [6.07, 6.45) is 0. The third kappa shape index (κ3) is 13.3. The summed E-state index contributed by atoms with van der Waals surface area (Å²) in [7, 11) is 0. The van der Waals surface area contributed by atoms with Crippen LogP contribution in [0.2, 0.25) is 15.8 Å². The number of rotatable bonds is 6. The Labute approximate surface area is 140 Å². The molecule has 0 aliphatic rings. The van der Waals surface area contributed by atoms with Gasteiger partial charge < -0.3 is 0 Å². The van der Waals surface area contributed by atoms with Crippen molar-refractivity contribution >= 4 is 34.6 Å². The third-order valence-electron chi connectivity index (χ3n) is 3.16. The van der Waals surface area contributed by atoms with Crippen LogP contribution in [0.1, 0.15) is 41.5 Å². The fourth-order valence-corrected chi connectivity index (χ4v) is 7.62. The Morgan fingerprint density at radius 2 is 1.10 bits per heavy atom. The van der Waals surface area contributed by atoms with E-state index >= 15 is 0 Å². The molecule has 0 amide bonds. The minimum absolute atomic E-state index is 0.407. The molecule has 0 N–H and O–H groups in total. The van der Waals surface area contributed by atoms with Crippen LogP contribution in [0.15, 0.2) is 30.3 Å². The van der Waals surface area contributed by atoms with E-state index < -0.39 is 14.1 Å². The SMILES string of the molecule is CC(C)[CH2][Al-]([CH2]C(C)C)[CH2]C(C)C.[Se]c1ccccc1. The van der Waals surface area contributed by atoms with Gasteiger partial charge >= 0.3 is 50.8 Å². The molecular formula is C18H32AlSe-. The Balaban J connectivity index is 0.000000428. The summed E-state index contributed by atoms with van der Waals surface area (Å²) in [5.41, 5.74) is 0. The van der Waals surface area contributed by atoms with Crippen molar-refractivity contribution in [3.8, 4) is 0 Å². The van der Waals surface area contributed by atoms with Gasteiger partial charge in [0.05, 0.1) is 0 Å². The van der Waals surface area contributed by atoms with Crippen molar-refractivity contribution in [2.45, 2.75) is 57.4 Å². The molecule has 0 aliphatic heterocycles. The monoisotopic (exact) mass is 355 g/mol. The Kier molecular flexibility index (Phi) is 12.0. The quantitative estimate of drug-likeness (QED) is 0.636. The first-order chi connectivity index (χ1) is 9.31. The van der Waals surface area contributed by atoms with Gasteiger partial charge in [0.1, 0.15) is 0 Å². The molecule has 0 saturated heterocycles. The van der Waals surface area contributed by atoms with Gasteiger partial charge in [-0.25, -0.2) is 15.8 Å². The molecule has 2 radical (unpaired) electrons. The van der Waals surface area contributed by atoms with E-state index in [4.69, 9.17) is 0 Å². The van der Waals surface area contributed by atoms with Crippen molar-refractivity contribution in [3.63, 3.8) is 0 Å². The van der Waals surface area contributed by atoms with Gasteiger partial charge in [0.25, 0.3) is 0 Å². The van der Waals surface area contributed by atoms with Gasteiger partial charge in [0, 0.05) is 0 Å². The van der Waals surface area contributed by atoms with Gasteiger partial charge in [-0.05, 0) is 14.1 Å². The van der Waals surface area contributed by atoms with Crippen LogP contribution in [0, 0.1) is 17.8 Å². The van der Waals surface area contributed by atoms with Gasteiger partial charge in [-0.2, -0.15) is 0 Å². The molecule has 0 bridgehead atoms. The molecule has 1 aromatic carbocycles. The van der Waals surface area contributed by atoms with E-state index in [0.29, 0.717) is 0 Å². The molecule has 0 fully saturated rings. The van der Waals surface area contributed by atoms with E-state index in [2.05, 4.69) is 57.6 Å². The van der Waals surface area contributed by atoms with Gasteiger partial charge in [-0.15, -0.1) is 0 Å². The second-order valence-corrected chi connectivity index (χ2v) is 11.2. The average molecular weight is 354 g/mol. The predicted octanol–water partition coefficient (Wildman–Crippen LogP) is 4.93. The molecule has 1 aromatic rings. The first-order valence-corrected chi connectivity index (χ1v) is 11.3. The van der Waals surface area contributed by atoms with Crippen LogP contribution in [0.5, 0.6) is 0 Å². The molecule has 0 saturated carbocycles. The van der Waals surface area contributed by atoms with Gasteiger partial charge in [0.2, 0.25) is 0 Å².